The van der Waals surface area contributed by atoms with E-state index in [1.54, 1.807) is 0 Å². The molecule has 6 heteroatoms. The molecule has 0 radical (unpaired) electrons. The molecule has 0 spiro atoms. The standard InChI is InChI=1S/C10H17N3O2S/c14-6-9-11-12-10(16)13(9)4-1-5-15-7-8-2-3-8/h8,14H,1-7H2,(H,12,16). The van der Waals surface area contributed by atoms with Gasteiger partial charge in [-0.25, -0.2) is 0 Å². The number of aromatic nitrogens is 3. The Morgan fingerprint density at radius 3 is 3.06 bits per heavy atom. The maximum absolute atomic E-state index is 9.03. The molecule has 2 N–H and O–H groups in total. The summed E-state index contributed by atoms with van der Waals surface area (Å²) in [4.78, 5) is 0. The van der Waals surface area contributed by atoms with Gasteiger partial charge in [0.1, 0.15) is 6.61 Å². The lowest BCUT2D eigenvalue weighted by atomic mass is 10.4. The fourth-order valence-electron chi connectivity index (χ4n) is 1.56. The van der Waals surface area contributed by atoms with Gasteiger partial charge in [0, 0.05) is 19.8 Å². The first-order valence-electron chi connectivity index (χ1n) is 5.64. The second kappa shape index (κ2) is 5.56. The first-order valence-corrected chi connectivity index (χ1v) is 6.04. The number of hydrogen-bond acceptors (Lipinski definition) is 4. The zero-order valence-corrected chi connectivity index (χ0v) is 10.0. The van der Waals surface area contributed by atoms with Gasteiger partial charge in [0.25, 0.3) is 0 Å². The Kier molecular flexibility index (Phi) is 4.09. The van der Waals surface area contributed by atoms with Crippen molar-refractivity contribution >= 4 is 12.2 Å². The van der Waals surface area contributed by atoms with Crippen LogP contribution in [0.5, 0.6) is 0 Å². The Hall–Kier alpha value is -0.720. The molecule has 1 fully saturated rings. The number of rotatable bonds is 7. The van der Waals surface area contributed by atoms with Gasteiger partial charge in [-0.2, -0.15) is 5.10 Å². The lowest BCUT2D eigenvalue weighted by molar-refractivity contribution is 0.118. The summed E-state index contributed by atoms with van der Waals surface area (Å²) in [5.74, 6) is 1.40. The number of aliphatic hydroxyl groups excluding tert-OH is 1. The number of nitrogens with one attached hydrogen (secondary N) is 1. The van der Waals surface area contributed by atoms with Crippen molar-refractivity contribution in [1.29, 1.82) is 0 Å². The van der Waals surface area contributed by atoms with Crippen LogP contribution in [0.25, 0.3) is 0 Å². The van der Waals surface area contributed by atoms with Crippen LogP contribution >= 0.6 is 12.2 Å². The monoisotopic (exact) mass is 243 g/mol. The third-order valence-electron chi connectivity index (χ3n) is 2.70. The van der Waals surface area contributed by atoms with Gasteiger partial charge in [0.15, 0.2) is 10.6 Å². The van der Waals surface area contributed by atoms with Crippen molar-refractivity contribution in [1.82, 2.24) is 14.8 Å². The predicted molar refractivity (Wildman–Crippen MR) is 61.5 cm³/mol. The van der Waals surface area contributed by atoms with Gasteiger partial charge in [0.2, 0.25) is 0 Å². The molecule has 0 unspecified atom stereocenters. The van der Waals surface area contributed by atoms with E-state index in [4.69, 9.17) is 22.1 Å². The maximum Gasteiger partial charge on any atom is 0.195 e. The quantitative estimate of drug-likeness (QED) is 0.559. The molecule has 0 aromatic carbocycles. The maximum atomic E-state index is 9.03. The lowest BCUT2D eigenvalue weighted by Crippen LogP contribution is -2.07. The number of H-pyrrole nitrogens is 1. The Balaban J connectivity index is 1.70. The number of aromatic amines is 1. The van der Waals surface area contributed by atoms with Gasteiger partial charge in [-0.3, -0.25) is 5.10 Å². The summed E-state index contributed by atoms with van der Waals surface area (Å²) in [5, 5.41) is 15.6. The third kappa shape index (κ3) is 3.13. The second-order valence-corrected chi connectivity index (χ2v) is 4.51. The summed E-state index contributed by atoms with van der Waals surface area (Å²) in [6, 6.07) is 0. The Morgan fingerprint density at radius 2 is 2.38 bits per heavy atom. The van der Waals surface area contributed by atoms with Crippen LogP contribution in [0.3, 0.4) is 0 Å². The zero-order chi connectivity index (χ0) is 11.4. The molecular formula is C10H17N3O2S. The summed E-state index contributed by atoms with van der Waals surface area (Å²) in [5.41, 5.74) is 0. The van der Waals surface area contributed by atoms with E-state index < -0.39 is 0 Å². The van der Waals surface area contributed by atoms with Gasteiger partial charge in [0.05, 0.1) is 0 Å². The van der Waals surface area contributed by atoms with Gasteiger partial charge < -0.3 is 14.4 Å². The lowest BCUT2D eigenvalue weighted by Gasteiger charge is -2.05. The number of ether oxygens (including phenoxy) is 1. The molecular weight excluding hydrogens is 226 g/mol. The largest absolute Gasteiger partial charge is 0.388 e. The minimum atomic E-state index is -0.0872. The molecule has 1 aromatic heterocycles. The van der Waals surface area contributed by atoms with Crippen molar-refractivity contribution in [2.45, 2.75) is 32.4 Å². The Bertz CT molecular complexity index is 384. The highest BCUT2D eigenvalue weighted by Crippen LogP contribution is 2.28. The van der Waals surface area contributed by atoms with Gasteiger partial charge in [-0.05, 0) is 37.4 Å². The van der Waals surface area contributed by atoms with E-state index >= 15 is 0 Å². The van der Waals surface area contributed by atoms with Crippen LogP contribution < -0.4 is 0 Å². The van der Waals surface area contributed by atoms with E-state index in [9.17, 15) is 0 Å². The predicted octanol–water partition coefficient (Wildman–Crippen LogP) is 1.25. The number of aliphatic hydroxyl groups is 1. The number of hydrogen-bond donors (Lipinski definition) is 2. The second-order valence-electron chi connectivity index (χ2n) is 4.13. The molecule has 1 saturated carbocycles. The summed E-state index contributed by atoms with van der Waals surface area (Å²) in [6.45, 7) is 2.30. The van der Waals surface area contributed by atoms with Crippen LogP contribution in [0.1, 0.15) is 25.1 Å². The van der Waals surface area contributed by atoms with Gasteiger partial charge >= 0.3 is 0 Å². The van der Waals surface area contributed by atoms with E-state index in [2.05, 4.69) is 10.2 Å². The normalized spacial score (nSPS) is 15.6. The van der Waals surface area contributed by atoms with Gasteiger partial charge in [-0.15, -0.1) is 0 Å². The third-order valence-corrected chi connectivity index (χ3v) is 3.01. The first-order chi connectivity index (χ1) is 7.81. The minimum absolute atomic E-state index is 0.0872. The molecule has 5 nitrogen and oxygen atoms in total. The van der Waals surface area contributed by atoms with Crippen LogP contribution in [-0.2, 0) is 17.9 Å². The van der Waals surface area contributed by atoms with E-state index in [-0.39, 0.29) is 6.61 Å². The Morgan fingerprint density at radius 1 is 1.56 bits per heavy atom. The fraction of sp³-hybridized carbons (Fsp3) is 0.800. The highest BCUT2D eigenvalue weighted by atomic mass is 32.1. The van der Waals surface area contributed by atoms with Crippen LogP contribution in [0.15, 0.2) is 0 Å². The molecule has 1 heterocycles. The molecule has 0 amide bonds. The van der Waals surface area contributed by atoms with E-state index in [1.165, 1.54) is 12.8 Å². The SMILES string of the molecule is OCc1n[nH]c(=S)n1CCCOCC1CC1. The molecule has 0 bridgehead atoms. The van der Waals surface area contributed by atoms with Crippen molar-refractivity contribution in [3.8, 4) is 0 Å². The fourth-order valence-corrected chi connectivity index (χ4v) is 1.80. The molecule has 2 rings (SSSR count). The van der Waals surface area contributed by atoms with Crippen molar-refractivity contribution in [2.24, 2.45) is 5.92 Å². The summed E-state index contributed by atoms with van der Waals surface area (Å²) < 4.78 is 7.91. The molecule has 0 saturated heterocycles. The summed E-state index contributed by atoms with van der Waals surface area (Å²) in [7, 11) is 0. The van der Waals surface area contributed by atoms with Crippen LogP contribution in [0.4, 0.5) is 0 Å². The number of nitrogens with zero attached hydrogens (tertiary/aromatic N) is 2. The van der Waals surface area contributed by atoms with Crippen molar-refractivity contribution in [3.05, 3.63) is 10.6 Å². The zero-order valence-electron chi connectivity index (χ0n) is 9.19. The van der Waals surface area contributed by atoms with Crippen molar-refractivity contribution < 1.29 is 9.84 Å². The molecule has 90 valence electrons. The molecule has 0 atom stereocenters. The topological polar surface area (TPSA) is 63.1 Å². The molecule has 1 aliphatic carbocycles. The Labute approximate surface area is 99.4 Å². The molecule has 1 aliphatic rings. The minimum Gasteiger partial charge on any atom is -0.388 e. The van der Waals surface area contributed by atoms with Crippen LogP contribution in [0, 0.1) is 10.7 Å². The van der Waals surface area contributed by atoms with Crippen molar-refractivity contribution in [2.75, 3.05) is 13.2 Å². The van der Waals surface area contributed by atoms with E-state index in [0.29, 0.717) is 10.6 Å². The average molecular weight is 243 g/mol. The first kappa shape index (κ1) is 11.8. The molecule has 1 aromatic rings. The van der Waals surface area contributed by atoms with Crippen LogP contribution in [-0.4, -0.2) is 33.1 Å². The summed E-state index contributed by atoms with van der Waals surface area (Å²) >= 11 is 5.06. The van der Waals surface area contributed by atoms with Crippen molar-refractivity contribution in [3.63, 3.8) is 0 Å². The van der Waals surface area contributed by atoms with E-state index in [0.717, 1.165) is 32.1 Å². The highest BCUT2D eigenvalue weighted by Gasteiger charge is 2.20. The summed E-state index contributed by atoms with van der Waals surface area (Å²) in [6.07, 6.45) is 3.54. The molecule has 0 aliphatic heterocycles. The molecule has 16 heavy (non-hydrogen) atoms. The average Bonchev–Trinajstić information content (AvgIpc) is 3.04. The van der Waals surface area contributed by atoms with Gasteiger partial charge in [-0.1, -0.05) is 0 Å². The van der Waals surface area contributed by atoms with Crippen LogP contribution in [0.2, 0.25) is 0 Å². The highest BCUT2D eigenvalue weighted by molar-refractivity contribution is 7.71. The van der Waals surface area contributed by atoms with E-state index in [1.807, 2.05) is 4.57 Å². The smallest absolute Gasteiger partial charge is 0.195 e.